The number of alkyl halides is 1. The molecule has 3 aliphatic heterocycles. The largest absolute Gasteiger partial charge is 0.478 e. The van der Waals surface area contributed by atoms with E-state index in [4.69, 9.17) is 114 Å². The van der Waals surface area contributed by atoms with Crippen LogP contribution >= 0.6 is 161 Å². The van der Waals surface area contributed by atoms with Crippen LogP contribution in [0, 0.1) is 39.9 Å². The number of aromatic nitrogens is 6. The number of H-pyrrole nitrogens is 2. The number of nitrogens with one attached hydrogen (secondary N) is 3. The number of hydrogen-bond donors (Lipinski definition) is 10. The number of nitrogens with zero attached hydrogens (tertiary/aromatic N) is 6. The van der Waals surface area contributed by atoms with Gasteiger partial charge in [0.05, 0.1) is 91.0 Å². The third kappa shape index (κ3) is 23.4. The lowest BCUT2D eigenvalue weighted by Gasteiger charge is -2.48. The van der Waals surface area contributed by atoms with Gasteiger partial charge in [0.15, 0.2) is 29.1 Å². The van der Waals surface area contributed by atoms with Gasteiger partial charge in [0.2, 0.25) is 10.6 Å². The van der Waals surface area contributed by atoms with Gasteiger partial charge in [0.1, 0.15) is 22.0 Å². The third-order valence-electron chi connectivity index (χ3n) is 16.7. The predicted molar refractivity (Wildman–Crippen MR) is 410 cm³/mol. The van der Waals surface area contributed by atoms with E-state index in [1.807, 2.05) is 4.98 Å². The van der Waals surface area contributed by atoms with Crippen molar-refractivity contribution in [2.45, 2.75) is 90.5 Å². The third-order valence-corrected chi connectivity index (χ3v) is 23.1. The fourth-order valence-electron chi connectivity index (χ4n) is 10.9. The molecule has 2 aliphatic carbocycles. The maximum absolute atomic E-state index is 14.5. The number of anilines is 3. The Morgan fingerprint density at radius 2 is 1.06 bits per heavy atom. The number of rotatable bonds is 4. The molecule has 8 aromatic rings. The number of benzene rings is 5. The summed E-state index contributed by atoms with van der Waals surface area (Å²) < 4.78 is 83.7. The van der Waals surface area contributed by atoms with Gasteiger partial charge in [-0.25, -0.2) is 56.1 Å². The predicted octanol–water partition coefficient (Wildman–Crippen LogP) is 18.1. The van der Waals surface area contributed by atoms with Gasteiger partial charge in [-0.1, -0.05) is 78.3 Å². The molecule has 2 saturated carbocycles. The second-order valence-corrected chi connectivity index (χ2v) is 29.6. The summed E-state index contributed by atoms with van der Waals surface area (Å²) >= 11 is 55.3. The summed E-state index contributed by atoms with van der Waals surface area (Å²) in [6, 6.07) is 7.71. The number of urea groups is 1. The van der Waals surface area contributed by atoms with Crippen LogP contribution in [0.5, 0.6) is 0 Å². The summed E-state index contributed by atoms with van der Waals surface area (Å²) in [5, 5.41) is 30.7. The molecule has 14 N–H and O–H groups in total. The average molecular weight is 1900 g/mol. The number of aliphatic hydroxyl groups excluding tert-OH is 1. The Morgan fingerprint density at radius 1 is 0.618 bits per heavy atom. The maximum atomic E-state index is 14.5. The van der Waals surface area contributed by atoms with Crippen LogP contribution < -0.4 is 44.4 Å². The maximum Gasteiger partial charge on any atom is 0.337 e. The molecule has 102 heavy (non-hydrogen) atoms. The van der Waals surface area contributed by atoms with E-state index >= 15 is 0 Å². The molecule has 1 atom stereocenters. The van der Waals surface area contributed by atoms with E-state index in [2.05, 4.69) is 138 Å². The second-order valence-electron chi connectivity index (χ2n) is 22.9. The van der Waals surface area contributed by atoms with Crippen LogP contribution in [0.4, 0.5) is 48.3 Å². The molecule has 3 saturated heterocycles. The number of carboxylic acids is 2. The first-order valence-corrected chi connectivity index (χ1v) is 36.3. The van der Waals surface area contributed by atoms with Crippen LogP contribution in [0.2, 0.25) is 35.8 Å². The smallest absolute Gasteiger partial charge is 0.337 e. The molecule has 2 spiro atoms. The summed E-state index contributed by atoms with van der Waals surface area (Å²) in [6.07, 6.45) is 16.2. The number of nitrogen functional groups attached to an aromatic ring is 2. The summed E-state index contributed by atoms with van der Waals surface area (Å²) in [7, 11) is 1.06. The van der Waals surface area contributed by atoms with Crippen LogP contribution in [0.25, 0.3) is 32.7 Å². The minimum atomic E-state index is -1.31. The number of halogens is 18. The highest BCUT2D eigenvalue weighted by atomic mass is 79.9. The van der Waals surface area contributed by atoms with Gasteiger partial charge in [-0.15, -0.1) is 0 Å². The molecular formula is C63H67Br5Cl7F6N13O8. The molecule has 5 fully saturated rings. The van der Waals surface area contributed by atoms with Gasteiger partial charge < -0.3 is 58.4 Å². The molecule has 5 aromatic carbocycles. The molecule has 5 aliphatic rings. The first-order chi connectivity index (χ1) is 47.9. The SMILES string of the molecule is C.C1CC2(C1)CCNCC2.CN1CCC[C@H]1CO.Fc1c(Br)c(Cl)cc2c(Cl)nc(Cl)nc12.Fc1c(Br)c(Cl)cc2c(N3CCC4(CCC4)CC3)nc(Cl)nc12.NC(N)=O.Nc1c(C(=O)O)cc(Cl)c(Br)c1F.Nc1c(C(=O)O)ccc(Br)c1F.O=c1[nH]c(=O)c2cc(Cl)c(Br)c(F)c2[nH]1.[2H]CF. The number of carboxylic acid groups (broad SMARTS) is 2. The number of likely N-dealkylation sites (tertiary alicyclic amines) is 1. The van der Waals surface area contributed by atoms with Crippen LogP contribution in [0.3, 0.4) is 0 Å². The van der Waals surface area contributed by atoms with Crippen molar-refractivity contribution in [3.05, 3.63) is 156 Å². The molecule has 21 nitrogen and oxygen atoms in total. The van der Waals surface area contributed by atoms with Crippen molar-refractivity contribution in [1.29, 1.82) is 0 Å². The summed E-state index contributed by atoms with van der Waals surface area (Å²) in [4.78, 5) is 76.6. The number of carbonyl (C=O) groups is 3. The number of nitrogens with two attached hydrogens (primary N) is 4. The minimum Gasteiger partial charge on any atom is -0.478 e. The quantitative estimate of drug-likeness (QED) is 0.0257. The number of primary amides is 2. The lowest BCUT2D eigenvalue weighted by atomic mass is 9.63. The standard InChI is InChI=1S/C16H15BrCl2FN3.C8HBrCl3FN2.C8H3BrClFN2O2.C8H15N.C7H4BrClFNO2.C7H5BrFNO2.C6H13NO.CH3F.CH4N2O.CH4/c17-11-10(18)8-9-13(12(11)20)21-15(19)22-14(9)23-6-4-16(5-7-23)2-1-3-16;9-4-3(10)1-2-6(5(4)13)14-8(12)15-7(2)11;9-4-3(10)1-2-6(5(4)11)12-8(15)13-7(2)14;1-2-8(3-1)4-6-9-7-5-8;8-4-3(9)1-2(7(12)13)6(11)5(4)10;8-4-2-1-3(7(11)12)6(10)5(4)9;1-7-4-2-3-6(7)5-8;1-2;2-1(3)4;/h8H,1-7H2;1H;1H,(H2,12,13,14,15);9H,1-7H2;1H,11H2,(H,12,13);1-2H,10H2,(H,11,12);6,8H,2-5H2,1H3;1H3;(H4,2,3,4);1H4/t;;;;;;6-;;;/m......0.../s1/i;;;;;;;1D;;. The monoisotopic (exact) mass is 1890 g/mol. The number of aromatic carboxylic acids is 2. The minimum absolute atomic E-state index is 0. The zero-order chi connectivity index (χ0) is 76.4. The van der Waals surface area contributed by atoms with Gasteiger partial charge in [-0.05, 0) is 241 Å². The highest BCUT2D eigenvalue weighted by Gasteiger charge is 2.40. The number of piperidine rings is 2. The van der Waals surface area contributed by atoms with E-state index in [-0.39, 0.29) is 99.3 Å². The van der Waals surface area contributed by atoms with Crippen LogP contribution in [-0.2, 0) is 0 Å². The average Bonchev–Trinajstić information content (AvgIpc) is 1.11. The normalized spacial score (nSPS) is 15.9. The van der Waals surface area contributed by atoms with E-state index < -0.39 is 71.1 Å². The van der Waals surface area contributed by atoms with Crippen molar-refractivity contribution in [2.24, 2.45) is 22.3 Å². The fraction of sp³-hybridized carbons (Fsp3) is 0.381. The zero-order valence-corrected chi connectivity index (χ0v) is 65.9. The number of aromatic amines is 2. The molecule has 0 unspecified atom stereocenters. The number of hydrogen-bond acceptors (Lipinski definition) is 15. The Balaban J connectivity index is 0.000000256. The van der Waals surface area contributed by atoms with Crippen LogP contribution in [0.15, 0.2) is 68.4 Å². The number of carbonyl (C=O) groups excluding carboxylic acids is 1. The number of likely N-dealkylation sites (N-methyl/N-ethyl adjacent to an activating group) is 1. The van der Waals surface area contributed by atoms with Crippen LogP contribution in [-0.4, -0.2) is 128 Å². The van der Waals surface area contributed by atoms with Crippen molar-refractivity contribution in [2.75, 3.05) is 69.9 Å². The molecule has 558 valence electrons. The van der Waals surface area contributed by atoms with Crippen molar-refractivity contribution in [3.63, 3.8) is 0 Å². The first-order valence-electron chi connectivity index (χ1n) is 30.4. The van der Waals surface area contributed by atoms with Gasteiger partial charge in [-0.3, -0.25) is 14.2 Å². The molecule has 0 bridgehead atoms. The van der Waals surface area contributed by atoms with Gasteiger partial charge >= 0.3 is 23.7 Å². The fourth-order valence-corrected chi connectivity index (χ4v) is 13.9. The lowest BCUT2D eigenvalue weighted by Crippen LogP contribution is -2.44. The highest BCUT2D eigenvalue weighted by molar-refractivity contribution is 9.11. The van der Waals surface area contributed by atoms with Gasteiger partial charge in [0, 0.05) is 29.9 Å². The topological polar surface area (TPSA) is 352 Å². The number of amides is 2. The van der Waals surface area contributed by atoms with Gasteiger partial charge in [0.25, 0.3) is 5.56 Å². The van der Waals surface area contributed by atoms with E-state index in [1.54, 1.807) is 6.07 Å². The van der Waals surface area contributed by atoms with Crippen LogP contribution in [0.1, 0.15) is 107 Å². The molecular weight excluding hydrogens is 1830 g/mol. The Bertz CT molecular complexity index is 4470. The van der Waals surface area contributed by atoms with Crippen molar-refractivity contribution in [3.8, 4) is 0 Å². The Hall–Kier alpha value is -4.78. The molecule has 2 amide bonds. The highest BCUT2D eigenvalue weighted by Crippen LogP contribution is 2.50. The molecule has 3 aromatic heterocycles. The summed E-state index contributed by atoms with van der Waals surface area (Å²) in [6.45, 7) is 5.87. The molecule has 6 heterocycles. The van der Waals surface area contributed by atoms with E-state index in [9.17, 15) is 45.5 Å². The Morgan fingerprint density at radius 3 is 1.51 bits per heavy atom. The van der Waals surface area contributed by atoms with Crippen molar-refractivity contribution < 1.29 is 57.4 Å². The second kappa shape index (κ2) is 40.8. The number of aliphatic hydroxyl groups is 1. The lowest BCUT2D eigenvalue weighted by molar-refractivity contribution is 0.0686. The molecule has 13 rings (SSSR count). The Kier molecular flexibility index (Phi) is 35.1. The first kappa shape index (κ1) is 87.9. The van der Waals surface area contributed by atoms with Crippen molar-refractivity contribution in [1.82, 2.24) is 40.1 Å². The summed E-state index contributed by atoms with van der Waals surface area (Å²) in [5.41, 5.74) is 17.6. The molecule has 39 heteroatoms. The molecule has 0 radical (unpaired) electrons. The summed E-state index contributed by atoms with van der Waals surface area (Å²) in [5.74, 6) is -5.33. The number of fused-ring (bicyclic) bond motifs is 3. The Labute approximate surface area is 658 Å². The zero-order valence-electron chi connectivity index (χ0n) is 53.7. The van der Waals surface area contributed by atoms with E-state index in [0.717, 1.165) is 44.0 Å². The van der Waals surface area contributed by atoms with E-state index in [0.29, 0.717) is 39.7 Å². The van der Waals surface area contributed by atoms with E-state index in [1.165, 1.54) is 102 Å². The van der Waals surface area contributed by atoms with Crippen molar-refractivity contribution >= 4 is 229 Å². The van der Waals surface area contributed by atoms with Gasteiger partial charge in [-0.2, -0.15) is 4.98 Å².